The maximum Gasteiger partial charge on any atom is 0.264 e. The number of nitriles is 1. The van der Waals surface area contributed by atoms with Gasteiger partial charge in [0.2, 0.25) is 0 Å². The molecule has 0 radical (unpaired) electrons. The first-order valence-corrected chi connectivity index (χ1v) is 7.63. The molecule has 0 unspecified atom stereocenters. The molecule has 1 aromatic heterocycles. The average Bonchev–Trinajstić information content (AvgIpc) is 2.49. The average molecular weight is 303 g/mol. The Labute approximate surface area is 122 Å². The van der Waals surface area contributed by atoms with Gasteiger partial charge in [0, 0.05) is 18.5 Å². The minimum absolute atomic E-state index is 0.0340. The summed E-state index contributed by atoms with van der Waals surface area (Å²) in [5, 5.41) is 17.7. The predicted octanol–water partition coefficient (Wildman–Crippen LogP) is 1.29. The van der Waals surface area contributed by atoms with Crippen molar-refractivity contribution in [1.29, 1.82) is 5.26 Å². The zero-order valence-electron chi connectivity index (χ0n) is 11.0. The zero-order chi connectivity index (χ0) is 15.3. The zero-order valence-corrected chi connectivity index (χ0v) is 11.8. The highest BCUT2D eigenvalue weighted by molar-refractivity contribution is 7.92. The fourth-order valence-corrected chi connectivity index (χ4v) is 2.94. The van der Waals surface area contributed by atoms with Gasteiger partial charge in [-0.3, -0.25) is 4.72 Å². The Morgan fingerprint density at radius 1 is 1.24 bits per heavy atom. The Morgan fingerprint density at radius 3 is 2.57 bits per heavy atom. The molecule has 0 fully saturated rings. The van der Waals surface area contributed by atoms with Crippen LogP contribution in [-0.4, -0.2) is 25.1 Å². The number of hydrogen-bond donors (Lipinski definition) is 2. The van der Waals surface area contributed by atoms with E-state index in [1.165, 1.54) is 18.3 Å². The van der Waals surface area contributed by atoms with E-state index in [0.717, 1.165) is 5.56 Å². The second-order valence-corrected chi connectivity index (χ2v) is 5.89. The molecule has 2 aromatic rings. The quantitative estimate of drug-likeness (QED) is 0.866. The summed E-state index contributed by atoms with van der Waals surface area (Å²) in [5.74, 6) is 0. The number of hydrogen-bond acceptors (Lipinski definition) is 5. The van der Waals surface area contributed by atoms with Gasteiger partial charge < -0.3 is 5.11 Å². The number of anilines is 1. The molecule has 0 aliphatic carbocycles. The number of benzene rings is 1. The van der Waals surface area contributed by atoms with E-state index in [-0.39, 0.29) is 17.2 Å². The number of pyridine rings is 1. The van der Waals surface area contributed by atoms with Crippen LogP contribution in [0.1, 0.15) is 11.3 Å². The van der Waals surface area contributed by atoms with E-state index in [2.05, 4.69) is 9.71 Å². The standard InChI is InChI=1S/C14H13N3O3S/c15-10-13-14(2-1-8-16-13)21(19,20)17-12-5-3-11(4-6-12)7-9-18/h1-6,8,17-18H,7,9H2. The van der Waals surface area contributed by atoms with Gasteiger partial charge in [-0.1, -0.05) is 12.1 Å². The Bertz CT molecular complexity index is 765. The second-order valence-electron chi connectivity index (χ2n) is 4.24. The third kappa shape index (κ3) is 3.56. The van der Waals surface area contributed by atoms with E-state index in [1.54, 1.807) is 30.3 Å². The van der Waals surface area contributed by atoms with Crippen LogP contribution in [0.4, 0.5) is 5.69 Å². The van der Waals surface area contributed by atoms with Gasteiger partial charge in [-0.15, -0.1) is 0 Å². The summed E-state index contributed by atoms with van der Waals surface area (Å²) in [5.41, 5.74) is 1.13. The van der Waals surface area contributed by atoms with Crippen molar-refractivity contribution in [3.63, 3.8) is 0 Å². The van der Waals surface area contributed by atoms with Crippen LogP contribution in [0.15, 0.2) is 47.5 Å². The summed E-state index contributed by atoms with van der Waals surface area (Å²) in [6.07, 6.45) is 1.87. The monoisotopic (exact) mass is 303 g/mol. The lowest BCUT2D eigenvalue weighted by Gasteiger charge is -2.09. The Kier molecular flexibility index (Phi) is 4.52. The van der Waals surface area contributed by atoms with Crippen molar-refractivity contribution >= 4 is 15.7 Å². The molecule has 0 atom stereocenters. The Balaban J connectivity index is 2.27. The number of rotatable bonds is 5. The van der Waals surface area contributed by atoms with Gasteiger partial charge in [-0.25, -0.2) is 13.4 Å². The Morgan fingerprint density at radius 2 is 1.95 bits per heavy atom. The largest absolute Gasteiger partial charge is 0.396 e. The van der Waals surface area contributed by atoms with Gasteiger partial charge in [-0.2, -0.15) is 5.26 Å². The lowest BCUT2D eigenvalue weighted by molar-refractivity contribution is 0.299. The molecule has 21 heavy (non-hydrogen) atoms. The number of sulfonamides is 1. The molecule has 6 nitrogen and oxygen atoms in total. The second kappa shape index (κ2) is 6.35. The van der Waals surface area contributed by atoms with Crippen LogP contribution in [0.25, 0.3) is 0 Å². The highest BCUT2D eigenvalue weighted by atomic mass is 32.2. The summed E-state index contributed by atoms with van der Waals surface area (Å²) in [4.78, 5) is 3.58. The van der Waals surface area contributed by atoms with Crippen LogP contribution in [0.5, 0.6) is 0 Å². The van der Waals surface area contributed by atoms with Crippen LogP contribution in [-0.2, 0) is 16.4 Å². The Hall–Kier alpha value is -2.43. The lowest BCUT2D eigenvalue weighted by atomic mass is 10.1. The third-order valence-electron chi connectivity index (χ3n) is 2.77. The maximum absolute atomic E-state index is 12.2. The maximum atomic E-state index is 12.2. The molecule has 0 spiro atoms. The minimum Gasteiger partial charge on any atom is -0.396 e. The van der Waals surface area contributed by atoms with Crippen molar-refractivity contribution in [2.24, 2.45) is 0 Å². The van der Waals surface area contributed by atoms with Crippen molar-refractivity contribution in [1.82, 2.24) is 4.98 Å². The smallest absolute Gasteiger partial charge is 0.264 e. The number of aliphatic hydroxyl groups is 1. The summed E-state index contributed by atoms with van der Waals surface area (Å²) in [6, 6.07) is 11.2. The summed E-state index contributed by atoms with van der Waals surface area (Å²) in [7, 11) is -3.87. The number of nitrogens with one attached hydrogen (secondary N) is 1. The SMILES string of the molecule is N#Cc1ncccc1S(=O)(=O)Nc1ccc(CCO)cc1. The molecule has 0 aliphatic rings. The predicted molar refractivity (Wildman–Crippen MR) is 77.0 cm³/mol. The first-order chi connectivity index (χ1) is 10.1. The molecule has 0 saturated heterocycles. The summed E-state index contributed by atoms with van der Waals surface area (Å²) >= 11 is 0. The van der Waals surface area contributed by atoms with Crippen molar-refractivity contribution in [3.8, 4) is 6.07 Å². The molecule has 2 rings (SSSR count). The van der Waals surface area contributed by atoms with Gasteiger partial charge in [0.15, 0.2) is 5.69 Å². The first kappa shape index (κ1) is 15.0. The van der Waals surface area contributed by atoms with Gasteiger partial charge in [0.05, 0.1) is 0 Å². The molecule has 1 heterocycles. The highest BCUT2D eigenvalue weighted by Gasteiger charge is 2.19. The van der Waals surface area contributed by atoms with Crippen LogP contribution in [0.3, 0.4) is 0 Å². The van der Waals surface area contributed by atoms with Gasteiger partial charge in [0.1, 0.15) is 11.0 Å². The summed E-state index contributed by atoms with van der Waals surface area (Å²) in [6.45, 7) is 0.0340. The topological polar surface area (TPSA) is 103 Å². The number of aromatic nitrogens is 1. The van der Waals surface area contributed by atoms with Gasteiger partial charge in [0.25, 0.3) is 10.0 Å². The molecule has 7 heteroatoms. The van der Waals surface area contributed by atoms with Crippen LogP contribution in [0.2, 0.25) is 0 Å². The minimum atomic E-state index is -3.87. The molecule has 0 amide bonds. The fraction of sp³-hybridized carbons (Fsp3) is 0.143. The van der Waals surface area contributed by atoms with Crippen LogP contribution in [0, 0.1) is 11.3 Å². The highest BCUT2D eigenvalue weighted by Crippen LogP contribution is 2.18. The molecule has 108 valence electrons. The van der Waals surface area contributed by atoms with Gasteiger partial charge >= 0.3 is 0 Å². The molecule has 0 aliphatic heterocycles. The van der Waals surface area contributed by atoms with E-state index in [1.807, 2.05) is 0 Å². The van der Waals surface area contributed by atoms with Gasteiger partial charge in [-0.05, 0) is 36.2 Å². The van der Waals surface area contributed by atoms with E-state index in [0.29, 0.717) is 12.1 Å². The third-order valence-corrected chi connectivity index (χ3v) is 4.19. The van der Waals surface area contributed by atoms with E-state index < -0.39 is 10.0 Å². The summed E-state index contributed by atoms with van der Waals surface area (Å²) < 4.78 is 26.9. The molecule has 0 bridgehead atoms. The van der Waals surface area contributed by atoms with Crippen LogP contribution < -0.4 is 4.72 Å². The lowest BCUT2D eigenvalue weighted by Crippen LogP contribution is -2.15. The van der Waals surface area contributed by atoms with Crippen molar-refractivity contribution in [3.05, 3.63) is 53.9 Å². The first-order valence-electron chi connectivity index (χ1n) is 6.14. The molecule has 1 aromatic carbocycles. The molecular weight excluding hydrogens is 290 g/mol. The normalized spacial score (nSPS) is 10.9. The van der Waals surface area contributed by atoms with E-state index in [9.17, 15) is 8.42 Å². The van der Waals surface area contributed by atoms with Crippen molar-refractivity contribution in [2.75, 3.05) is 11.3 Å². The molecule has 0 saturated carbocycles. The fourth-order valence-electron chi connectivity index (χ4n) is 1.77. The molecular formula is C14H13N3O3S. The van der Waals surface area contributed by atoms with Crippen molar-refractivity contribution in [2.45, 2.75) is 11.3 Å². The van der Waals surface area contributed by atoms with Crippen molar-refractivity contribution < 1.29 is 13.5 Å². The number of nitrogens with zero attached hydrogens (tertiary/aromatic N) is 2. The van der Waals surface area contributed by atoms with E-state index >= 15 is 0 Å². The molecule has 2 N–H and O–H groups in total. The van der Waals surface area contributed by atoms with Crippen LogP contribution >= 0.6 is 0 Å². The van der Waals surface area contributed by atoms with E-state index in [4.69, 9.17) is 10.4 Å². The number of aliphatic hydroxyl groups excluding tert-OH is 1.